The largest absolute Gasteiger partial charge is 0.325 e. The Hall–Kier alpha value is -3.09. The molecule has 4 rings (SSSR count). The van der Waals surface area contributed by atoms with Gasteiger partial charge >= 0.3 is 0 Å². The zero-order valence-electron chi connectivity index (χ0n) is 17.9. The normalized spacial score (nSPS) is 10.8. The third kappa shape index (κ3) is 4.87. The van der Waals surface area contributed by atoms with E-state index < -0.39 is 0 Å². The number of hydrogen-bond acceptors (Lipinski definition) is 4. The first-order chi connectivity index (χ1) is 15.6. The molecule has 0 spiro atoms. The van der Waals surface area contributed by atoms with Crippen LogP contribution < -0.4 is 5.32 Å². The Morgan fingerprint density at radius 1 is 1.00 bits per heavy atom. The summed E-state index contributed by atoms with van der Waals surface area (Å²) in [6.07, 6.45) is 0.858. The molecule has 32 heavy (non-hydrogen) atoms. The first kappa shape index (κ1) is 22.1. The number of carbonyl (C=O) groups is 1. The minimum Gasteiger partial charge on any atom is -0.325 e. The minimum atomic E-state index is -0.0744. The predicted octanol–water partition coefficient (Wildman–Crippen LogP) is 6.19. The Morgan fingerprint density at radius 2 is 1.75 bits per heavy atom. The maximum absolute atomic E-state index is 12.8. The Morgan fingerprint density at radius 3 is 2.47 bits per heavy atom. The highest BCUT2D eigenvalue weighted by Crippen LogP contribution is 2.29. The van der Waals surface area contributed by atoms with Crippen LogP contribution in [0.1, 0.15) is 18.1 Å². The number of para-hydroxylation sites is 2. The number of amides is 1. The van der Waals surface area contributed by atoms with Crippen molar-refractivity contribution in [2.45, 2.75) is 25.4 Å². The average molecular weight is 463 g/mol. The molecular formula is C25H23ClN4OS. The second kappa shape index (κ2) is 10.0. The molecule has 0 fully saturated rings. The summed E-state index contributed by atoms with van der Waals surface area (Å²) in [6, 6.07) is 23.4. The van der Waals surface area contributed by atoms with Gasteiger partial charge in [-0.25, -0.2) is 0 Å². The van der Waals surface area contributed by atoms with Crippen molar-refractivity contribution in [3.63, 3.8) is 0 Å². The van der Waals surface area contributed by atoms with E-state index in [1.165, 1.54) is 11.8 Å². The number of aromatic nitrogens is 3. The van der Waals surface area contributed by atoms with Crippen molar-refractivity contribution in [1.29, 1.82) is 0 Å². The third-order valence-electron chi connectivity index (χ3n) is 5.09. The molecule has 1 N–H and O–H groups in total. The number of nitrogens with one attached hydrogen (secondary N) is 1. The van der Waals surface area contributed by atoms with E-state index in [2.05, 4.69) is 22.4 Å². The predicted molar refractivity (Wildman–Crippen MR) is 132 cm³/mol. The van der Waals surface area contributed by atoms with Gasteiger partial charge in [0.25, 0.3) is 0 Å². The Bertz CT molecular complexity index is 1220. The van der Waals surface area contributed by atoms with Crippen LogP contribution in [0, 0.1) is 6.92 Å². The van der Waals surface area contributed by atoms with Gasteiger partial charge < -0.3 is 5.32 Å². The van der Waals surface area contributed by atoms with E-state index in [4.69, 9.17) is 11.6 Å². The number of aryl methyl sites for hydroxylation is 2. The van der Waals surface area contributed by atoms with Crippen molar-refractivity contribution in [2.24, 2.45) is 0 Å². The molecule has 1 amide bonds. The molecule has 0 aliphatic rings. The molecule has 5 nitrogen and oxygen atoms in total. The summed E-state index contributed by atoms with van der Waals surface area (Å²) in [5.74, 6) is 0.848. The molecule has 7 heteroatoms. The number of hydrogen-bond donors (Lipinski definition) is 1. The third-order valence-corrected chi connectivity index (χ3v) is 6.27. The molecule has 0 saturated carbocycles. The van der Waals surface area contributed by atoms with Crippen LogP contribution in [-0.4, -0.2) is 26.4 Å². The molecule has 0 unspecified atom stereocenters. The van der Waals surface area contributed by atoms with Gasteiger partial charge in [-0.2, -0.15) is 0 Å². The first-order valence-corrected chi connectivity index (χ1v) is 11.7. The number of carbonyl (C=O) groups excluding carboxylic acids is 1. The average Bonchev–Trinajstić information content (AvgIpc) is 3.24. The fraction of sp³-hybridized carbons (Fsp3) is 0.160. The van der Waals surface area contributed by atoms with Gasteiger partial charge in [0.15, 0.2) is 11.0 Å². The van der Waals surface area contributed by atoms with E-state index in [1.807, 2.05) is 84.3 Å². The van der Waals surface area contributed by atoms with Gasteiger partial charge in [0.05, 0.1) is 5.75 Å². The van der Waals surface area contributed by atoms with E-state index in [-0.39, 0.29) is 11.7 Å². The molecule has 0 bridgehead atoms. The first-order valence-electron chi connectivity index (χ1n) is 10.3. The Kier molecular flexibility index (Phi) is 6.93. The summed E-state index contributed by atoms with van der Waals surface area (Å²) in [4.78, 5) is 12.8. The number of thioether (sulfide) groups is 1. The highest BCUT2D eigenvalue weighted by molar-refractivity contribution is 7.99. The Labute approximate surface area is 196 Å². The molecule has 1 heterocycles. The van der Waals surface area contributed by atoms with Gasteiger partial charge in [0.2, 0.25) is 5.91 Å². The standard InChI is InChI=1S/C25H23ClN4OS/c1-3-18-9-7-8-17(2)23(18)27-22(31)16-32-25-29-28-24(19-12-14-20(26)15-13-19)30(25)21-10-5-4-6-11-21/h4-15H,3,16H2,1-2H3,(H,27,31). The monoisotopic (exact) mass is 462 g/mol. The highest BCUT2D eigenvalue weighted by Gasteiger charge is 2.18. The van der Waals surface area contributed by atoms with E-state index in [0.717, 1.165) is 34.5 Å². The molecule has 0 atom stereocenters. The molecule has 3 aromatic carbocycles. The topological polar surface area (TPSA) is 59.8 Å². The van der Waals surface area contributed by atoms with Crippen LogP contribution in [0.2, 0.25) is 5.02 Å². The SMILES string of the molecule is CCc1cccc(C)c1NC(=O)CSc1nnc(-c2ccc(Cl)cc2)n1-c1ccccc1. The van der Waals surface area contributed by atoms with Crippen LogP contribution in [0.4, 0.5) is 5.69 Å². The second-order valence-corrected chi connectivity index (χ2v) is 8.66. The van der Waals surface area contributed by atoms with Gasteiger partial charge in [0, 0.05) is 22.0 Å². The van der Waals surface area contributed by atoms with Crippen LogP contribution >= 0.6 is 23.4 Å². The lowest BCUT2D eigenvalue weighted by molar-refractivity contribution is -0.113. The van der Waals surface area contributed by atoms with Crippen molar-refractivity contribution in [2.75, 3.05) is 11.1 Å². The summed E-state index contributed by atoms with van der Waals surface area (Å²) in [5, 5.41) is 13.2. The second-order valence-electron chi connectivity index (χ2n) is 7.28. The molecular weight excluding hydrogens is 440 g/mol. The lowest BCUT2D eigenvalue weighted by Gasteiger charge is -2.13. The Balaban J connectivity index is 1.59. The zero-order valence-corrected chi connectivity index (χ0v) is 19.5. The molecule has 0 saturated heterocycles. The summed E-state index contributed by atoms with van der Waals surface area (Å²) >= 11 is 7.41. The van der Waals surface area contributed by atoms with Crippen LogP contribution in [0.25, 0.3) is 17.1 Å². The van der Waals surface area contributed by atoms with Crippen LogP contribution in [-0.2, 0) is 11.2 Å². The number of benzene rings is 3. The van der Waals surface area contributed by atoms with Crippen LogP contribution in [0.15, 0.2) is 78.0 Å². The fourth-order valence-corrected chi connectivity index (χ4v) is 4.34. The smallest absolute Gasteiger partial charge is 0.234 e. The van der Waals surface area contributed by atoms with Gasteiger partial charge in [-0.15, -0.1) is 10.2 Å². The van der Waals surface area contributed by atoms with Gasteiger partial charge in [-0.05, 0) is 60.9 Å². The molecule has 0 aliphatic heterocycles. The lowest BCUT2D eigenvalue weighted by Crippen LogP contribution is -2.16. The van der Waals surface area contributed by atoms with E-state index in [0.29, 0.717) is 16.0 Å². The van der Waals surface area contributed by atoms with Crippen molar-refractivity contribution < 1.29 is 4.79 Å². The van der Waals surface area contributed by atoms with E-state index in [9.17, 15) is 4.79 Å². The number of rotatable bonds is 7. The zero-order chi connectivity index (χ0) is 22.5. The van der Waals surface area contributed by atoms with Crippen molar-refractivity contribution in [1.82, 2.24) is 14.8 Å². The summed E-state index contributed by atoms with van der Waals surface area (Å²) < 4.78 is 1.96. The maximum Gasteiger partial charge on any atom is 0.234 e. The van der Waals surface area contributed by atoms with Crippen molar-refractivity contribution in [3.8, 4) is 17.1 Å². The van der Waals surface area contributed by atoms with Crippen molar-refractivity contribution >= 4 is 35.0 Å². The van der Waals surface area contributed by atoms with E-state index >= 15 is 0 Å². The summed E-state index contributed by atoms with van der Waals surface area (Å²) in [7, 11) is 0. The highest BCUT2D eigenvalue weighted by atomic mass is 35.5. The van der Waals surface area contributed by atoms with Gasteiger partial charge in [-0.3, -0.25) is 9.36 Å². The quantitative estimate of drug-likeness (QED) is 0.333. The van der Waals surface area contributed by atoms with Crippen LogP contribution in [0.3, 0.4) is 0 Å². The van der Waals surface area contributed by atoms with Gasteiger partial charge in [0.1, 0.15) is 0 Å². The van der Waals surface area contributed by atoms with Crippen LogP contribution in [0.5, 0.6) is 0 Å². The molecule has 162 valence electrons. The number of halogens is 1. The molecule has 0 aliphatic carbocycles. The lowest BCUT2D eigenvalue weighted by atomic mass is 10.1. The van der Waals surface area contributed by atoms with E-state index in [1.54, 1.807) is 0 Å². The molecule has 4 aromatic rings. The summed E-state index contributed by atoms with van der Waals surface area (Å²) in [6.45, 7) is 4.09. The van der Waals surface area contributed by atoms with Gasteiger partial charge in [-0.1, -0.05) is 66.7 Å². The fourth-order valence-electron chi connectivity index (χ4n) is 3.47. The van der Waals surface area contributed by atoms with Crippen molar-refractivity contribution in [3.05, 3.63) is 88.9 Å². The summed E-state index contributed by atoms with van der Waals surface area (Å²) in [5.41, 5.74) is 4.90. The molecule has 1 aromatic heterocycles. The molecule has 0 radical (unpaired) electrons. The maximum atomic E-state index is 12.8. The number of anilines is 1. The minimum absolute atomic E-state index is 0.0744. The number of nitrogens with zero attached hydrogens (tertiary/aromatic N) is 3.